The van der Waals surface area contributed by atoms with E-state index in [2.05, 4.69) is 17.3 Å². The molecule has 2 saturated heterocycles. The second-order valence-corrected chi connectivity index (χ2v) is 8.48. The maximum Gasteiger partial charge on any atom is 0.253 e. The number of nitrogens with one attached hydrogen (secondary N) is 1. The SMILES string of the molecule is CCCN(C[C@H]1CCCO1)C(=O)c1ccc(-n2cc(NC(=O)C3CCOCC3)cn2)cc1. The third kappa shape index (κ3) is 5.55. The number of carbonyl (C=O) groups excluding carboxylic acids is 2. The summed E-state index contributed by atoms with van der Waals surface area (Å²) in [7, 11) is 0. The van der Waals surface area contributed by atoms with Crippen molar-refractivity contribution in [2.75, 3.05) is 38.2 Å². The van der Waals surface area contributed by atoms with Crippen molar-refractivity contribution in [3.8, 4) is 5.69 Å². The van der Waals surface area contributed by atoms with Gasteiger partial charge in [-0.15, -0.1) is 0 Å². The Morgan fingerprint density at radius 1 is 1.16 bits per heavy atom. The molecule has 1 aromatic heterocycles. The highest BCUT2D eigenvalue weighted by atomic mass is 16.5. The molecule has 172 valence electrons. The minimum atomic E-state index is -0.0157. The summed E-state index contributed by atoms with van der Waals surface area (Å²) in [4.78, 5) is 27.3. The summed E-state index contributed by atoms with van der Waals surface area (Å²) in [6, 6.07) is 7.41. The molecule has 0 radical (unpaired) electrons. The minimum Gasteiger partial charge on any atom is -0.381 e. The Labute approximate surface area is 188 Å². The Kier molecular flexibility index (Phi) is 7.55. The standard InChI is InChI=1S/C24H32N4O4/c1-2-11-27(17-22-4-3-12-32-22)24(30)19-5-7-21(8-6-19)28-16-20(15-25-28)26-23(29)18-9-13-31-14-10-18/h5-8,15-16,18,22H,2-4,9-14,17H2,1H3,(H,26,29)/t22-/m1/s1. The van der Waals surface area contributed by atoms with Gasteiger partial charge in [0, 0.05) is 44.4 Å². The number of hydrogen-bond acceptors (Lipinski definition) is 5. The highest BCUT2D eigenvalue weighted by Crippen LogP contribution is 2.19. The van der Waals surface area contributed by atoms with Gasteiger partial charge in [-0.05, 0) is 56.4 Å². The van der Waals surface area contributed by atoms with Crippen LogP contribution in [0.5, 0.6) is 0 Å². The highest BCUT2D eigenvalue weighted by molar-refractivity contribution is 5.94. The zero-order valence-corrected chi connectivity index (χ0v) is 18.7. The fourth-order valence-corrected chi connectivity index (χ4v) is 4.25. The maximum absolute atomic E-state index is 13.0. The monoisotopic (exact) mass is 440 g/mol. The maximum atomic E-state index is 13.0. The Hall–Kier alpha value is -2.71. The fourth-order valence-electron chi connectivity index (χ4n) is 4.25. The third-order valence-corrected chi connectivity index (χ3v) is 6.05. The molecule has 2 fully saturated rings. The molecule has 4 rings (SSSR count). The van der Waals surface area contributed by atoms with Crippen molar-refractivity contribution in [3.05, 3.63) is 42.2 Å². The molecule has 2 aromatic rings. The van der Waals surface area contributed by atoms with Gasteiger partial charge >= 0.3 is 0 Å². The molecule has 0 saturated carbocycles. The molecule has 2 amide bonds. The first-order valence-electron chi connectivity index (χ1n) is 11.6. The first kappa shape index (κ1) is 22.5. The summed E-state index contributed by atoms with van der Waals surface area (Å²) in [5, 5.41) is 7.30. The average Bonchev–Trinajstić information content (AvgIpc) is 3.51. The lowest BCUT2D eigenvalue weighted by molar-refractivity contribution is -0.122. The molecule has 8 heteroatoms. The number of hydrogen-bond donors (Lipinski definition) is 1. The lowest BCUT2D eigenvalue weighted by Crippen LogP contribution is -2.37. The van der Waals surface area contributed by atoms with Crippen molar-refractivity contribution in [2.45, 2.75) is 45.1 Å². The quantitative estimate of drug-likeness (QED) is 0.681. The molecule has 0 bridgehead atoms. The smallest absolute Gasteiger partial charge is 0.253 e. The van der Waals surface area contributed by atoms with E-state index in [1.165, 1.54) is 0 Å². The predicted molar refractivity (Wildman–Crippen MR) is 121 cm³/mol. The summed E-state index contributed by atoms with van der Waals surface area (Å²) in [5.74, 6) is 0.0212. The van der Waals surface area contributed by atoms with E-state index in [0.717, 1.165) is 50.9 Å². The van der Waals surface area contributed by atoms with Crippen LogP contribution in [0.25, 0.3) is 5.69 Å². The summed E-state index contributed by atoms with van der Waals surface area (Å²) in [5.41, 5.74) is 2.14. The zero-order chi connectivity index (χ0) is 22.3. The van der Waals surface area contributed by atoms with Gasteiger partial charge in [0.15, 0.2) is 0 Å². The van der Waals surface area contributed by atoms with E-state index in [4.69, 9.17) is 9.47 Å². The van der Waals surface area contributed by atoms with Gasteiger partial charge in [0.2, 0.25) is 5.91 Å². The predicted octanol–water partition coefficient (Wildman–Crippen LogP) is 3.27. The van der Waals surface area contributed by atoms with Crippen molar-refractivity contribution in [1.29, 1.82) is 0 Å². The van der Waals surface area contributed by atoms with Crippen molar-refractivity contribution in [1.82, 2.24) is 14.7 Å². The molecule has 8 nitrogen and oxygen atoms in total. The van der Waals surface area contributed by atoms with Gasteiger partial charge in [-0.2, -0.15) is 5.10 Å². The van der Waals surface area contributed by atoms with Gasteiger partial charge < -0.3 is 19.7 Å². The average molecular weight is 441 g/mol. The van der Waals surface area contributed by atoms with Gasteiger partial charge in [0.25, 0.3) is 5.91 Å². The van der Waals surface area contributed by atoms with E-state index in [1.807, 2.05) is 29.2 Å². The first-order chi connectivity index (χ1) is 15.6. The van der Waals surface area contributed by atoms with Gasteiger partial charge in [0.1, 0.15) is 0 Å². The molecule has 1 N–H and O–H groups in total. The van der Waals surface area contributed by atoms with Crippen molar-refractivity contribution in [2.24, 2.45) is 5.92 Å². The van der Waals surface area contributed by atoms with Gasteiger partial charge in [-0.3, -0.25) is 9.59 Å². The van der Waals surface area contributed by atoms with Crippen LogP contribution in [0.3, 0.4) is 0 Å². The van der Waals surface area contributed by atoms with Crippen LogP contribution in [0, 0.1) is 5.92 Å². The van der Waals surface area contributed by atoms with Crippen molar-refractivity contribution in [3.63, 3.8) is 0 Å². The van der Waals surface area contributed by atoms with Crippen LogP contribution in [0.15, 0.2) is 36.7 Å². The molecule has 32 heavy (non-hydrogen) atoms. The van der Waals surface area contributed by atoms with E-state index in [1.54, 1.807) is 17.1 Å². The third-order valence-electron chi connectivity index (χ3n) is 6.05. The van der Waals surface area contributed by atoms with Crippen LogP contribution < -0.4 is 5.32 Å². The molecule has 1 atom stereocenters. The number of anilines is 1. The molecule has 3 heterocycles. The topological polar surface area (TPSA) is 85.7 Å². The number of nitrogens with zero attached hydrogens (tertiary/aromatic N) is 3. The van der Waals surface area contributed by atoms with Gasteiger partial charge in [0.05, 0.1) is 29.9 Å². The lowest BCUT2D eigenvalue weighted by Gasteiger charge is -2.25. The van der Waals surface area contributed by atoms with Crippen LogP contribution in [-0.2, 0) is 14.3 Å². The normalized spacial score (nSPS) is 19.1. The Bertz CT molecular complexity index is 899. The fraction of sp³-hybridized carbons (Fsp3) is 0.542. The summed E-state index contributed by atoms with van der Waals surface area (Å²) < 4.78 is 12.7. The van der Waals surface area contributed by atoms with Crippen molar-refractivity contribution < 1.29 is 19.1 Å². The van der Waals surface area contributed by atoms with Crippen molar-refractivity contribution >= 4 is 17.5 Å². The van der Waals surface area contributed by atoms with Crippen LogP contribution >= 0.6 is 0 Å². The molecular weight excluding hydrogens is 408 g/mol. The number of benzene rings is 1. The number of aromatic nitrogens is 2. The second kappa shape index (κ2) is 10.7. The van der Waals surface area contributed by atoms with E-state index in [9.17, 15) is 9.59 Å². The van der Waals surface area contributed by atoms with Crippen LogP contribution in [0.2, 0.25) is 0 Å². The van der Waals surface area contributed by atoms with E-state index >= 15 is 0 Å². The van der Waals surface area contributed by atoms with Crippen LogP contribution in [0.1, 0.15) is 49.4 Å². The van der Waals surface area contributed by atoms with Gasteiger partial charge in [-0.1, -0.05) is 6.92 Å². The molecule has 0 unspecified atom stereocenters. The van der Waals surface area contributed by atoms with E-state index < -0.39 is 0 Å². The van der Waals surface area contributed by atoms with Gasteiger partial charge in [-0.25, -0.2) is 4.68 Å². The molecule has 0 spiro atoms. The molecular formula is C24H32N4O4. The summed E-state index contributed by atoms with van der Waals surface area (Å²) >= 11 is 0. The molecule has 2 aliphatic heterocycles. The minimum absolute atomic E-state index is 0.0102. The summed E-state index contributed by atoms with van der Waals surface area (Å²) in [6.45, 7) is 5.49. The lowest BCUT2D eigenvalue weighted by atomic mass is 9.99. The molecule has 2 aliphatic rings. The number of rotatable bonds is 8. The Morgan fingerprint density at radius 3 is 2.62 bits per heavy atom. The van der Waals surface area contributed by atoms with Crippen LogP contribution in [0.4, 0.5) is 5.69 Å². The van der Waals surface area contributed by atoms with Crippen LogP contribution in [-0.4, -0.2) is 65.5 Å². The Morgan fingerprint density at radius 2 is 1.94 bits per heavy atom. The van der Waals surface area contributed by atoms with E-state index in [-0.39, 0.29) is 23.8 Å². The first-order valence-corrected chi connectivity index (χ1v) is 11.6. The second-order valence-electron chi connectivity index (χ2n) is 8.48. The largest absolute Gasteiger partial charge is 0.381 e. The van der Waals surface area contributed by atoms with E-state index in [0.29, 0.717) is 31.0 Å². The number of ether oxygens (including phenoxy) is 2. The number of carbonyl (C=O) groups is 2. The highest BCUT2D eigenvalue weighted by Gasteiger charge is 2.24. The molecule has 0 aliphatic carbocycles. The Balaban J connectivity index is 1.38. The number of amides is 2. The zero-order valence-electron chi connectivity index (χ0n) is 18.7. The summed E-state index contributed by atoms with van der Waals surface area (Å²) in [6.07, 6.45) is 8.05. The molecule has 1 aromatic carbocycles.